The lowest BCUT2D eigenvalue weighted by molar-refractivity contribution is 0.0180. The third kappa shape index (κ3) is 7.73. The second-order valence-corrected chi connectivity index (χ2v) is 20.9. The van der Waals surface area contributed by atoms with Crippen molar-refractivity contribution in [2.45, 2.75) is 82.3 Å². The molecule has 0 radical (unpaired) electrons. The lowest BCUT2D eigenvalue weighted by atomic mass is 9.77. The van der Waals surface area contributed by atoms with Crippen LogP contribution in [0.25, 0.3) is 10.9 Å². The molecule has 2 aliphatic heterocycles. The van der Waals surface area contributed by atoms with E-state index in [0.717, 1.165) is 10.4 Å². The van der Waals surface area contributed by atoms with Crippen LogP contribution in [0.2, 0.25) is 5.04 Å². The summed E-state index contributed by atoms with van der Waals surface area (Å²) in [6.45, 7) is 11.0. The Hall–Kier alpha value is -4.03. The first-order valence-electron chi connectivity index (χ1n) is 19.2. The van der Waals surface area contributed by atoms with Crippen LogP contribution in [0.1, 0.15) is 76.2 Å². The highest BCUT2D eigenvalue weighted by atomic mass is 28.4. The maximum Gasteiger partial charge on any atom is 0.261 e. The van der Waals surface area contributed by atoms with Crippen molar-refractivity contribution in [3.05, 3.63) is 125 Å². The number of halogens is 5. The number of hydrogen-bond acceptors (Lipinski definition) is 4. The molecule has 3 heterocycles. The van der Waals surface area contributed by atoms with E-state index in [2.05, 4.69) is 55.3 Å². The lowest BCUT2D eigenvalue weighted by Gasteiger charge is -2.45. The van der Waals surface area contributed by atoms with Gasteiger partial charge in [-0.1, -0.05) is 81.4 Å². The summed E-state index contributed by atoms with van der Waals surface area (Å²) in [5, 5.41) is 5.66. The number of alkyl halides is 2. The Morgan fingerprint density at radius 1 is 0.836 bits per heavy atom. The first-order chi connectivity index (χ1) is 26.2. The number of fused-ring (bicyclic) bond motifs is 3. The summed E-state index contributed by atoms with van der Waals surface area (Å²) >= 11 is 0. The van der Waals surface area contributed by atoms with Gasteiger partial charge >= 0.3 is 0 Å². The topological polar surface area (TPSA) is 49.5 Å². The van der Waals surface area contributed by atoms with Crippen molar-refractivity contribution in [3.8, 4) is 5.75 Å². The van der Waals surface area contributed by atoms with Crippen LogP contribution in [0.15, 0.2) is 91.0 Å². The molecular formula is C44H50F5N3O2Si. The quantitative estimate of drug-likeness (QED) is 0.0928. The summed E-state index contributed by atoms with van der Waals surface area (Å²) < 4.78 is 89.8. The van der Waals surface area contributed by atoms with Crippen molar-refractivity contribution >= 4 is 29.6 Å². The lowest BCUT2D eigenvalue weighted by Crippen LogP contribution is -2.67. The maximum atomic E-state index is 17.3. The summed E-state index contributed by atoms with van der Waals surface area (Å²) in [7, 11) is -3.06. The molecule has 4 atom stereocenters. The first kappa shape index (κ1) is 39.2. The number of nitrogens with zero attached hydrogens (tertiary/aromatic N) is 1. The number of benzene rings is 4. The zero-order valence-electron chi connectivity index (χ0n) is 32.1. The fourth-order valence-electron chi connectivity index (χ4n) is 8.75. The predicted octanol–water partition coefficient (Wildman–Crippen LogP) is 8.87. The summed E-state index contributed by atoms with van der Waals surface area (Å²) in [4.78, 5) is 5.34. The molecule has 7 rings (SSSR count). The number of rotatable bonds is 13. The zero-order chi connectivity index (χ0) is 39.1. The SMILES string of the molecule is CC1NC(c2c(F)cc(OC3CN(CCCF)C3)cc2F)c2[nH]c3ccc(F)cc3c2C1CC(C)(F)CO[Si](c1ccccc1)(c1ccccc1)C(C)(C)C. The Bertz CT molecular complexity index is 2040. The predicted molar refractivity (Wildman–Crippen MR) is 211 cm³/mol. The van der Waals surface area contributed by atoms with Gasteiger partial charge in [0.25, 0.3) is 8.32 Å². The van der Waals surface area contributed by atoms with E-state index >= 15 is 13.2 Å². The number of hydrogen-bond donors (Lipinski definition) is 2. The van der Waals surface area contributed by atoms with E-state index in [4.69, 9.17) is 9.16 Å². The molecule has 2 N–H and O–H groups in total. The molecule has 0 bridgehead atoms. The van der Waals surface area contributed by atoms with Crippen LogP contribution in [0, 0.1) is 17.5 Å². The van der Waals surface area contributed by atoms with E-state index in [-0.39, 0.29) is 35.5 Å². The van der Waals surface area contributed by atoms with Gasteiger partial charge < -0.3 is 19.5 Å². The van der Waals surface area contributed by atoms with Crippen LogP contribution >= 0.6 is 0 Å². The highest BCUT2D eigenvalue weighted by Gasteiger charge is 2.52. The third-order valence-corrected chi connectivity index (χ3v) is 16.3. The minimum absolute atomic E-state index is 0.00400. The van der Waals surface area contributed by atoms with E-state index in [1.807, 2.05) is 48.2 Å². The number of H-pyrrole nitrogens is 1. The molecule has 55 heavy (non-hydrogen) atoms. The van der Waals surface area contributed by atoms with Gasteiger partial charge in [-0.2, -0.15) is 0 Å². The number of ether oxygens (including phenoxy) is 1. The molecular weight excluding hydrogens is 726 g/mol. The van der Waals surface area contributed by atoms with Crippen LogP contribution < -0.4 is 20.4 Å². The highest BCUT2D eigenvalue weighted by molar-refractivity contribution is 6.99. The molecule has 0 amide bonds. The number of aromatic nitrogens is 1. The van der Waals surface area contributed by atoms with Gasteiger partial charge in [0, 0.05) is 65.9 Å². The van der Waals surface area contributed by atoms with Gasteiger partial charge in [0.2, 0.25) is 0 Å². The second kappa shape index (κ2) is 15.5. The number of likely N-dealkylation sites (tertiary alicyclic amines) is 1. The van der Waals surface area contributed by atoms with Crippen molar-refractivity contribution in [1.82, 2.24) is 15.2 Å². The number of aromatic amines is 1. The van der Waals surface area contributed by atoms with Crippen molar-refractivity contribution in [3.63, 3.8) is 0 Å². The van der Waals surface area contributed by atoms with E-state index in [1.54, 1.807) is 13.0 Å². The van der Waals surface area contributed by atoms with Gasteiger partial charge in [0.05, 0.1) is 19.3 Å². The molecule has 11 heteroatoms. The Morgan fingerprint density at radius 3 is 2.04 bits per heavy atom. The molecule has 1 aromatic heterocycles. The van der Waals surface area contributed by atoms with Crippen LogP contribution in [0.3, 0.4) is 0 Å². The summed E-state index contributed by atoms with van der Waals surface area (Å²) in [6.07, 6.45) is 0.189. The maximum absolute atomic E-state index is 17.3. The van der Waals surface area contributed by atoms with E-state index in [1.165, 1.54) is 24.3 Å². The van der Waals surface area contributed by atoms with Crippen molar-refractivity contribution < 1.29 is 31.1 Å². The second-order valence-electron chi connectivity index (χ2n) is 16.5. The van der Waals surface area contributed by atoms with E-state index < -0.39 is 56.1 Å². The Kier molecular flexibility index (Phi) is 11.0. The molecule has 2 aliphatic rings. The Balaban J connectivity index is 1.20. The van der Waals surface area contributed by atoms with Crippen LogP contribution in [0.4, 0.5) is 22.0 Å². The molecule has 4 aromatic carbocycles. The smallest absolute Gasteiger partial charge is 0.261 e. The van der Waals surface area contributed by atoms with Gasteiger partial charge in [-0.15, -0.1) is 0 Å². The van der Waals surface area contributed by atoms with Crippen LogP contribution in [0.5, 0.6) is 5.75 Å². The van der Waals surface area contributed by atoms with Gasteiger partial charge in [-0.3, -0.25) is 9.29 Å². The largest absolute Gasteiger partial charge is 0.488 e. The highest BCUT2D eigenvalue weighted by Crippen LogP contribution is 2.47. The van der Waals surface area contributed by atoms with Gasteiger partial charge in [0.1, 0.15) is 35.0 Å². The van der Waals surface area contributed by atoms with Crippen molar-refractivity contribution in [2.24, 2.45) is 0 Å². The standard InChI is InChI=1S/C44H50F5N3O2Si/c1-28-35(24-44(5,49)27-53-55(43(2,3)4,32-13-8-6-9-14-32)33-15-10-7-11-16-33)39-34-21-29(46)17-18-38(34)51-41(39)42(50-28)40-36(47)22-30(23-37(40)48)54-31-25-52(26-31)20-12-19-45/h6-11,13-18,21-23,28,31,35,42,50-51H,12,19-20,24-27H2,1-5H3. The molecule has 5 aromatic rings. The molecule has 0 spiro atoms. The Labute approximate surface area is 321 Å². The van der Waals surface area contributed by atoms with Crippen LogP contribution in [-0.2, 0) is 4.43 Å². The molecule has 0 saturated carbocycles. The van der Waals surface area contributed by atoms with Gasteiger partial charge in [-0.25, -0.2) is 17.6 Å². The molecule has 292 valence electrons. The van der Waals surface area contributed by atoms with Crippen molar-refractivity contribution in [1.29, 1.82) is 0 Å². The van der Waals surface area contributed by atoms with Crippen molar-refractivity contribution in [2.75, 3.05) is 32.9 Å². The molecule has 4 unspecified atom stereocenters. The fraction of sp³-hybridized carbons (Fsp3) is 0.409. The van der Waals surface area contributed by atoms with Gasteiger partial charge in [-0.05, 0) is 65.9 Å². The monoisotopic (exact) mass is 775 g/mol. The summed E-state index contributed by atoms with van der Waals surface area (Å²) in [5.41, 5.74) is -0.386. The average molecular weight is 776 g/mol. The molecule has 1 fully saturated rings. The number of nitrogens with one attached hydrogen (secondary N) is 2. The zero-order valence-corrected chi connectivity index (χ0v) is 33.1. The molecule has 5 nitrogen and oxygen atoms in total. The third-order valence-electron chi connectivity index (χ3n) is 11.4. The fourth-order valence-corrected chi connectivity index (χ4v) is 13.4. The first-order valence-corrected chi connectivity index (χ1v) is 21.1. The average Bonchev–Trinajstić information content (AvgIpc) is 3.50. The van der Waals surface area contributed by atoms with Gasteiger partial charge in [0.15, 0.2) is 0 Å². The normalized spacial score (nSPS) is 20.6. The molecule has 1 saturated heterocycles. The molecule has 0 aliphatic carbocycles. The summed E-state index contributed by atoms with van der Waals surface area (Å²) in [5.74, 6) is -2.49. The minimum atomic E-state index is -3.06. The Morgan fingerprint density at radius 2 is 1.45 bits per heavy atom. The van der Waals surface area contributed by atoms with Crippen LogP contribution in [-0.4, -0.2) is 68.9 Å². The van der Waals surface area contributed by atoms with E-state index in [0.29, 0.717) is 48.2 Å². The summed E-state index contributed by atoms with van der Waals surface area (Å²) in [6, 6.07) is 25.4. The van der Waals surface area contributed by atoms with E-state index in [9.17, 15) is 8.78 Å². The minimum Gasteiger partial charge on any atom is -0.488 e.